The first-order valence-electron chi connectivity index (χ1n) is 11.6. The standard InChI is InChI=1S/C26H30N4O3/c1-19-4-6-23-24(14-19)33-22(18-32-23)17-29-12-8-20(9-13-29)15-28-26(31)21-5-7-25(27-16-21)30-10-2-3-11-30/h2-7,10-11,14,16,20,22H,8-9,12-13,15,17-18H2,1H3,(H,28,31)/t22-/m0/s1. The number of benzene rings is 1. The zero-order chi connectivity index (χ0) is 22.6. The Hall–Kier alpha value is -3.32. The van der Waals surface area contributed by atoms with Crippen LogP contribution in [0.25, 0.3) is 5.82 Å². The molecule has 1 aromatic carbocycles. The molecule has 2 aromatic heterocycles. The molecule has 1 atom stereocenters. The summed E-state index contributed by atoms with van der Waals surface area (Å²) in [5, 5.41) is 3.09. The molecule has 33 heavy (non-hydrogen) atoms. The largest absolute Gasteiger partial charge is 0.486 e. The maximum Gasteiger partial charge on any atom is 0.252 e. The fourth-order valence-electron chi connectivity index (χ4n) is 4.47. The van der Waals surface area contributed by atoms with Crippen LogP contribution in [0.4, 0.5) is 0 Å². The highest BCUT2D eigenvalue weighted by atomic mass is 16.6. The maximum absolute atomic E-state index is 12.5. The van der Waals surface area contributed by atoms with Gasteiger partial charge in [0.05, 0.1) is 5.56 Å². The third-order valence-electron chi connectivity index (χ3n) is 6.42. The van der Waals surface area contributed by atoms with Gasteiger partial charge >= 0.3 is 0 Å². The van der Waals surface area contributed by atoms with Crippen molar-refractivity contribution in [2.45, 2.75) is 25.9 Å². The van der Waals surface area contributed by atoms with E-state index in [1.165, 1.54) is 5.56 Å². The molecule has 3 aromatic rings. The Bertz CT molecular complexity index is 1070. The Kier molecular flexibility index (Phi) is 6.30. The van der Waals surface area contributed by atoms with Gasteiger partial charge in [-0.2, -0.15) is 0 Å². The van der Waals surface area contributed by atoms with Crippen molar-refractivity contribution < 1.29 is 14.3 Å². The summed E-state index contributed by atoms with van der Waals surface area (Å²) in [6, 6.07) is 13.7. The number of likely N-dealkylation sites (tertiary alicyclic amines) is 1. The van der Waals surface area contributed by atoms with E-state index in [1.807, 2.05) is 59.4 Å². The number of amides is 1. The van der Waals surface area contributed by atoms with E-state index >= 15 is 0 Å². The monoisotopic (exact) mass is 446 g/mol. The lowest BCUT2D eigenvalue weighted by molar-refractivity contribution is 0.0476. The lowest BCUT2D eigenvalue weighted by atomic mass is 9.96. The van der Waals surface area contributed by atoms with Gasteiger partial charge in [0.2, 0.25) is 0 Å². The highest BCUT2D eigenvalue weighted by Gasteiger charge is 2.26. The van der Waals surface area contributed by atoms with E-state index in [4.69, 9.17) is 9.47 Å². The molecule has 0 bridgehead atoms. The first kappa shape index (κ1) is 21.5. The number of pyridine rings is 1. The molecule has 1 saturated heterocycles. The summed E-state index contributed by atoms with van der Waals surface area (Å²) in [6.45, 7) is 6.23. The first-order chi connectivity index (χ1) is 16.1. The molecule has 7 heteroatoms. The van der Waals surface area contributed by atoms with E-state index in [0.717, 1.165) is 49.8 Å². The summed E-state index contributed by atoms with van der Waals surface area (Å²) in [7, 11) is 0. The van der Waals surface area contributed by atoms with Gasteiger partial charge in [0, 0.05) is 31.7 Å². The number of nitrogens with zero attached hydrogens (tertiary/aromatic N) is 3. The van der Waals surface area contributed by atoms with Gasteiger partial charge in [-0.3, -0.25) is 9.69 Å². The molecule has 0 aliphatic carbocycles. The molecule has 172 valence electrons. The Morgan fingerprint density at radius 3 is 2.70 bits per heavy atom. The number of nitrogens with one attached hydrogen (secondary N) is 1. The molecule has 4 heterocycles. The molecule has 0 saturated carbocycles. The second-order valence-corrected chi connectivity index (χ2v) is 8.95. The van der Waals surface area contributed by atoms with Gasteiger partial charge in [-0.05, 0) is 80.7 Å². The SMILES string of the molecule is Cc1ccc2c(c1)O[C@@H](CN1CCC(CNC(=O)c3ccc(-n4cccc4)nc3)CC1)CO2. The second-order valence-electron chi connectivity index (χ2n) is 8.95. The first-order valence-corrected chi connectivity index (χ1v) is 11.6. The van der Waals surface area contributed by atoms with Crippen LogP contribution >= 0.6 is 0 Å². The van der Waals surface area contributed by atoms with E-state index in [9.17, 15) is 4.79 Å². The number of hydrogen-bond acceptors (Lipinski definition) is 5. The van der Waals surface area contributed by atoms with Gasteiger partial charge in [0.25, 0.3) is 5.91 Å². The molecule has 1 N–H and O–H groups in total. The number of ether oxygens (including phenoxy) is 2. The van der Waals surface area contributed by atoms with Crippen molar-refractivity contribution in [1.29, 1.82) is 0 Å². The predicted octanol–water partition coefficient (Wildman–Crippen LogP) is 3.46. The summed E-state index contributed by atoms with van der Waals surface area (Å²) >= 11 is 0. The Morgan fingerprint density at radius 1 is 1.12 bits per heavy atom. The number of aromatic nitrogens is 2. The average molecular weight is 447 g/mol. The van der Waals surface area contributed by atoms with Crippen LogP contribution in [-0.4, -0.2) is 59.2 Å². The summed E-state index contributed by atoms with van der Waals surface area (Å²) < 4.78 is 14.0. The van der Waals surface area contributed by atoms with E-state index in [1.54, 1.807) is 6.20 Å². The van der Waals surface area contributed by atoms with Gasteiger partial charge < -0.3 is 19.4 Å². The van der Waals surface area contributed by atoms with Gasteiger partial charge in [-0.1, -0.05) is 6.07 Å². The lowest BCUT2D eigenvalue weighted by Gasteiger charge is -2.35. The predicted molar refractivity (Wildman–Crippen MR) is 126 cm³/mol. The van der Waals surface area contributed by atoms with Crippen LogP contribution in [0.1, 0.15) is 28.8 Å². The van der Waals surface area contributed by atoms with Crippen LogP contribution in [0.5, 0.6) is 11.5 Å². The molecule has 0 radical (unpaired) electrons. The third-order valence-corrected chi connectivity index (χ3v) is 6.42. The number of rotatable bonds is 6. The van der Waals surface area contributed by atoms with Crippen molar-refractivity contribution in [3.05, 3.63) is 72.2 Å². The molecule has 0 unspecified atom stereocenters. The van der Waals surface area contributed by atoms with Crippen LogP contribution in [0.3, 0.4) is 0 Å². The van der Waals surface area contributed by atoms with Crippen molar-refractivity contribution in [2.24, 2.45) is 5.92 Å². The zero-order valence-corrected chi connectivity index (χ0v) is 18.9. The summed E-state index contributed by atoms with van der Waals surface area (Å²) in [5.41, 5.74) is 1.77. The zero-order valence-electron chi connectivity index (χ0n) is 18.9. The van der Waals surface area contributed by atoms with E-state index in [-0.39, 0.29) is 12.0 Å². The van der Waals surface area contributed by atoms with Gasteiger partial charge in [-0.25, -0.2) is 4.98 Å². The number of carbonyl (C=O) groups excluding carboxylic acids is 1. The van der Waals surface area contributed by atoms with Crippen LogP contribution in [-0.2, 0) is 0 Å². The topological polar surface area (TPSA) is 68.6 Å². The molecule has 7 nitrogen and oxygen atoms in total. The molecule has 2 aliphatic heterocycles. The number of aryl methyl sites for hydroxylation is 1. The van der Waals surface area contributed by atoms with Crippen molar-refractivity contribution in [3.63, 3.8) is 0 Å². The molecule has 0 spiro atoms. The molecule has 1 amide bonds. The van der Waals surface area contributed by atoms with Gasteiger partial charge in [0.1, 0.15) is 18.5 Å². The van der Waals surface area contributed by atoms with E-state index in [2.05, 4.69) is 22.1 Å². The molecular formula is C26H30N4O3. The number of hydrogen-bond donors (Lipinski definition) is 1. The minimum atomic E-state index is -0.0642. The van der Waals surface area contributed by atoms with Crippen LogP contribution < -0.4 is 14.8 Å². The van der Waals surface area contributed by atoms with Crippen molar-refractivity contribution in [1.82, 2.24) is 19.8 Å². The van der Waals surface area contributed by atoms with E-state index < -0.39 is 0 Å². The fraction of sp³-hybridized carbons (Fsp3) is 0.385. The van der Waals surface area contributed by atoms with Gasteiger partial charge in [-0.15, -0.1) is 0 Å². The molecule has 1 fully saturated rings. The maximum atomic E-state index is 12.5. The Morgan fingerprint density at radius 2 is 1.94 bits per heavy atom. The summed E-state index contributed by atoms with van der Waals surface area (Å²) in [6.07, 6.45) is 7.68. The Balaban J connectivity index is 1.05. The highest BCUT2D eigenvalue weighted by Crippen LogP contribution is 2.32. The van der Waals surface area contributed by atoms with Crippen LogP contribution in [0.2, 0.25) is 0 Å². The molecular weight excluding hydrogens is 416 g/mol. The minimum Gasteiger partial charge on any atom is -0.486 e. The highest BCUT2D eigenvalue weighted by molar-refractivity contribution is 5.93. The minimum absolute atomic E-state index is 0.0533. The average Bonchev–Trinajstić information content (AvgIpc) is 3.38. The smallest absolute Gasteiger partial charge is 0.252 e. The number of carbonyl (C=O) groups is 1. The molecule has 2 aliphatic rings. The third kappa shape index (κ3) is 5.20. The number of fused-ring (bicyclic) bond motifs is 1. The fourth-order valence-corrected chi connectivity index (χ4v) is 4.47. The van der Waals surface area contributed by atoms with Crippen molar-refractivity contribution in [3.8, 4) is 17.3 Å². The van der Waals surface area contributed by atoms with Crippen molar-refractivity contribution in [2.75, 3.05) is 32.8 Å². The Labute approximate surface area is 194 Å². The van der Waals surface area contributed by atoms with Crippen molar-refractivity contribution >= 4 is 5.91 Å². The molecule has 5 rings (SSSR count). The quantitative estimate of drug-likeness (QED) is 0.628. The second kappa shape index (κ2) is 9.67. The van der Waals surface area contributed by atoms with Crippen LogP contribution in [0, 0.1) is 12.8 Å². The summed E-state index contributed by atoms with van der Waals surface area (Å²) in [4.78, 5) is 19.4. The lowest BCUT2D eigenvalue weighted by Crippen LogP contribution is -2.45. The summed E-state index contributed by atoms with van der Waals surface area (Å²) in [5.74, 6) is 2.91. The van der Waals surface area contributed by atoms with E-state index in [0.29, 0.717) is 24.6 Å². The number of piperidine rings is 1. The van der Waals surface area contributed by atoms with Gasteiger partial charge in [0.15, 0.2) is 11.5 Å². The normalized spacial score (nSPS) is 18.8. The van der Waals surface area contributed by atoms with Crippen LogP contribution in [0.15, 0.2) is 61.1 Å².